The molecular formula is C32H30N2O6. The summed E-state index contributed by atoms with van der Waals surface area (Å²) in [6, 6.07) is 23.3. The maximum Gasteiger partial charge on any atom is 0.343 e. The number of ether oxygens (including phenoxy) is 4. The highest BCUT2D eigenvalue weighted by Crippen LogP contribution is 2.29. The van der Waals surface area contributed by atoms with E-state index < -0.39 is 11.9 Å². The van der Waals surface area contributed by atoms with Crippen molar-refractivity contribution in [3.8, 4) is 23.0 Å². The Labute approximate surface area is 232 Å². The van der Waals surface area contributed by atoms with E-state index >= 15 is 0 Å². The highest BCUT2D eigenvalue weighted by atomic mass is 16.5. The van der Waals surface area contributed by atoms with Crippen molar-refractivity contribution in [2.24, 2.45) is 5.10 Å². The van der Waals surface area contributed by atoms with Crippen LogP contribution in [-0.4, -0.2) is 38.4 Å². The Balaban J connectivity index is 1.46. The van der Waals surface area contributed by atoms with Crippen LogP contribution in [-0.2, 0) is 11.2 Å². The van der Waals surface area contributed by atoms with Crippen molar-refractivity contribution >= 4 is 28.9 Å². The number of fused-ring (bicyclic) bond motifs is 1. The second kappa shape index (κ2) is 13.6. The fraction of sp³-hybridized carbons (Fsp3) is 0.156. The smallest absolute Gasteiger partial charge is 0.343 e. The van der Waals surface area contributed by atoms with Gasteiger partial charge in [0.1, 0.15) is 11.5 Å². The van der Waals surface area contributed by atoms with Gasteiger partial charge in [-0.15, -0.1) is 6.58 Å². The molecule has 0 saturated carbocycles. The normalized spacial score (nSPS) is 10.8. The number of hydrogen-bond donors (Lipinski definition) is 1. The van der Waals surface area contributed by atoms with Gasteiger partial charge >= 0.3 is 5.97 Å². The Morgan fingerprint density at radius 3 is 2.45 bits per heavy atom. The van der Waals surface area contributed by atoms with Crippen LogP contribution >= 0.6 is 0 Å². The minimum absolute atomic E-state index is 0.274. The van der Waals surface area contributed by atoms with Gasteiger partial charge in [0.15, 0.2) is 18.1 Å². The first kappa shape index (κ1) is 27.9. The van der Waals surface area contributed by atoms with Gasteiger partial charge in [0.25, 0.3) is 5.91 Å². The van der Waals surface area contributed by atoms with Crippen molar-refractivity contribution in [2.75, 3.05) is 20.3 Å². The van der Waals surface area contributed by atoms with Crippen LogP contribution in [0.4, 0.5) is 0 Å². The van der Waals surface area contributed by atoms with E-state index in [0.29, 0.717) is 47.2 Å². The molecule has 0 fully saturated rings. The first-order valence-electron chi connectivity index (χ1n) is 12.7. The average Bonchev–Trinajstić information content (AvgIpc) is 2.98. The standard InChI is InChI=1S/C32H30N2O6/c1-4-8-22-11-17-29(30(19-22)37-3)39-21-31(35)34-33-20-27-26-10-7-6-9-23(26)14-18-28(27)40-32(36)24-12-15-25(16-13-24)38-5-2/h4,6-7,9-20H,1,5,8,21H2,2-3H3,(H,34,35)/b33-20-. The van der Waals surface area contributed by atoms with Crippen LogP contribution in [0.2, 0.25) is 0 Å². The van der Waals surface area contributed by atoms with Crippen LogP contribution < -0.4 is 24.4 Å². The van der Waals surface area contributed by atoms with E-state index in [9.17, 15) is 9.59 Å². The van der Waals surface area contributed by atoms with Gasteiger partial charge in [0, 0.05) is 5.56 Å². The molecule has 8 nitrogen and oxygen atoms in total. The van der Waals surface area contributed by atoms with E-state index in [0.717, 1.165) is 16.3 Å². The van der Waals surface area contributed by atoms with E-state index in [1.54, 1.807) is 42.5 Å². The summed E-state index contributed by atoms with van der Waals surface area (Å²) in [5.41, 5.74) is 4.39. The Morgan fingerprint density at radius 1 is 0.925 bits per heavy atom. The third kappa shape index (κ3) is 7.05. The number of benzene rings is 4. The first-order valence-corrected chi connectivity index (χ1v) is 12.7. The molecule has 0 bridgehead atoms. The molecule has 0 spiro atoms. The number of carbonyl (C=O) groups is 2. The van der Waals surface area contributed by atoms with Crippen LogP contribution in [0.3, 0.4) is 0 Å². The highest BCUT2D eigenvalue weighted by molar-refractivity contribution is 6.04. The van der Waals surface area contributed by atoms with Crippen LogP contribution in [0.5, 0.6) is 23.0 Å². The summed E-state index contributed by atoms with van der Waals surface area (Å²) in [4.78, 5) is 25.3. The predicted octanol–water partition coefficient (Wildman–Crippen LogP) is 5.72. The zero-order valence-corrected chi connectivity index (χ0v) is 22.4. The summed E-state index contributed by atoms with van der Waals surface area (Å²) in [7, 11) is 1.54. The number of nitrogens with one attached hydrogen (secondary N) is 1. The number of methoxy groups -OCH3 is 1. The second-order valence-corrected chi connectivity index (χ2v) is 8.61. The molecule has 1 amide bonds. The monoisotopic (exact) mass is 538 g/mol. The number of hydrazone groups is 1. The number of amides is 1. The van der Waals surface area contributed by atoms with Crippen molar-refractivity contribution in [3.63, 3.8) is 0 Å². The van der Waals surface area contributed by atoms with Gasteiger partial charge in [-0.1, -0.05) is 42.5 Å². The molecule has 4 rings (SSSR count). The molecule has 0 saturated heterocycles. The van der Waals surface area contributed by atoms with E-state index in [2.05, 4.69) is 17.1 Å². The van der Waals surface area contributed by atoms with Crippen molar-refractivity contribution in [1.82, 2.24) is 5.43 Å². The van der Waals surface area contributed by atoms with Gasteiger partial charge in [-0.25, -0.2) is 10.2 Å². The minimum atomic E-state index is -0.529. The quantitative estimate of drug-likeness (QED) is 0.0815. The first-order chi connectivity index (χ1) is 19.5. The molecule has 1 N–H and O–H groups in total. The van der Waals surface area contributed by atoms with Gasteiger partial charge < -0.3 is 18.9 Å². The molecule has 0 atom stereocenters. The van der Waals surface area contributed by atoms with E-state index in [4.69, 9.17) is 18.9 Å². The number of allylic oxidation sites excluding steroid dienone is 1. The van der Waals surface area contributed by atoms with Crippen LogP contribution in [0.25, 0.3) is 10.8 Å². The van der Waals surface area contributed by atoms with Crippen LogP contribution in [0.1, 0.15) is 28.4 Å². The third-order valence-corrected chi connectivity index (χ3v) is 5.88. The summed E-state index contributed by atoms with van der Waals surface area (Å²) in [6.45, 7) is 5.88. The van der Waals surface area contributed by atoms with Crippen molar-refractivity contribution < 1.29 is 28.5 Å². The summed E-state index contributed by atoms with van der Waals surface area (Å²) in [5.74, 6) is 0.925. The van der Waals surface area contributed by atoms with E-state index in [1.165, 1.54) is 13.3 Å². The Morgan fingerprint density at radius 2 is 1.70 bits per heavy atom. The molecule has 0 unspecified atom stereocenters. The summed E-state index contributed by atoms with van der Waals surface area (Å²) < 4.78 is 22.2. The van der Waals surface area contributed by atoms with Gasteiger partial charge in [-0.05, 0) is 72.1 Å². The topological polar surface area (TPSA) is 95.5 Å². The second-order valence-electron chi connectivity index (χ2n) is 8.61. The van der Waals surface area contributed by atoms with Crippen molar-refractivity contribution in [1.29, 1.82) is 0 Å². The van der Waals surface area contributed by atoms with Gasteiger partial charge in [-0.3, -0.25) is 4.79 Å². The molecule has 4 aromatic rings. The number of hydrogen-bond acceptors (Lipinski definition) is 7. The lowest BCUT2D eigenvalue weighted by Gasteiger charge is -2.12. The fourth-order valence-electron chi connectivity index (χ4n) is 3.98. The van der Waals surface area contributed by atoms with Crippen LogP contribution in [0.15, 0.2) is 96.6 Å². The third-order valence-electron chi connectivity index (χ3n) is 5.88. The Bertz CT molecular complexity index is 1530. The van der Waals surface area contributed by atoms with Gasteiger partial charge in [0.05, 0.1) is 25.5 Å². The Hall–Kier alpha value is -5.11. The van der Waals surface area contributed by atoms with Crippen molar-refractivity contribution in [2.45, 2.75) is 13.3 Å². The SMILES string of the molecule is C=CCc1ccc(OCC(=O)N/N=C\c2c(OC(=O)c3ccc(OCC)cc3)ccc3ccccc23)c(OC)c1. The molecule has 4 aromatic carbocycles. The molecule has 0 radical (unpaired) electrons. The van der Waals surface area contributed by atoms with E-state index in [-0.39, 0.29) is 6.61 Å². The average molecular weight is 539 g/mol. The molecule has 0 aliphatic rings. The molecular weight excluding hydrogens is 508 g/mol. The molecule has 0 heterocycles. The molecule has 0 aromatic heterocycles. The lowest BCUT2D eigenvalue weighted by molar-refractivity contribution is -0.123. The zero-order valence-electron chi connectivity index (χ0n) is 22.4. The van der Waals surface area contributed by atoms with Gasteiger partial charge in [0.2, 0.25) is 0 Å². The number of nitrogens with zero attached hydrogens (tertiary/aromatic N) is 1. The highest BCUT2D eigenvalue weighted by Gasteiger charge is 2.14. The maximum absolute atomic E-state index is 12.9. The maximum atomic E-state index is 12.9. The van der Waals surface area contributed by atoms with E-state index in [1.807, 2.05) is 49.4 Å². The summed E-state index contributed by atoms with van der Waals surface area (Å²) in [5, 5.41) is 5.83. The zero-order chi connectivity index (χ0) is 28.3. The molecule has 0 aliphatic heterocycles. The Kier molecular flexibility index (Phi) is 9.50. The molecule has 40 heavy (non-hydrogen) atoms. The number of esters is 1. The molecule has 204 valence electrons. The largest absolute Gasteiger partial charge is 0.494 e. The number of rotatable bonds is 12. The molecule has 0 aliphatic carbocycles. The number of carbonyl (C=O) groups excluding carboxylic acids is 2. The van der Waals surface area contributed by atoms with Crippen molar-refractivity contribution in [3.05, 3.63) is 108 Å². The predicted molar refractivity (Wildman–Crippen MR) is 155 cm³/mol. The van der Waals surface area contributed by atoms with Gasteiger partial charge in [-0.2, -0.15) is 5.10 Å². The lowest BCUT2D eigenvalue weighted by atomic mass is 10.0. The minimum Gasteiger partial charge on any atom is -0.494 e. The molecule has 8 heteroatoms. The summed E-state index contributed by atoms with van der Waals surface area (Å²) in [6.07, 6.45) is 3.94. The summed E-state index contributed by atoms with van der Waals surface area (Å²) >= 11 is 0. The lowest BCUT2D eigenvalue weighted by Crippen LogP contribution is -2.24. The van der Waals surface area contributed by atoms with Crippen LogP contribution in [0, 0.1) is 0 Å². The fourth-order valence-corrected chi connectivity index (χ4v) is 3.98.